The van der Waals surface area contributed by atoms with Crippen molar-refractivity contribution < 1.29 is 14.3 Å². The number of piperidine rings is 1. The number of carbonyl (C=O) groups is 2. The summed E-state index contributed by atoms with van der Waals surface area (Å²) in [6.45, 7) is 6.17. The Bertz CT molecular complexity index is 608. The highest BCUT2D eigenvalue weighted by Gasteiger charge is 2.26. The van der Waals surface area contributed by atoms with Gasteiger partial charge in [0.2, 0.25) is 0 Å². The Balaban J connectivity index is 1.61. The SMILES string of the molecule is CCOC(=O)N1CCN(C(=O)c2cccc(N3CCCCC3)n2)CC1. The summed E-state index contributed by atoms with van der Waals surface area (Å²) in [6.07, 6.45) is 3.31. The van der Waals surface area contributed by atoms with Gasteiger partial charge >= 0.3 is 6.09 Å². The van der Waals surface area contributed by atoms with E-state index >= 15 is 0 Å². The third-order valence-electron chi connectivity index (χ3n) is 4.73. The Morgan fingerprint density at radius 1 is 1.00 bits per heavy atom. The quantitative estimate of drug-likeness (QED) is 0.837. The zero-order chi connectivity index (χ0) is 17.6. The third kappa shape index (κ3) is 4.21. The van der Waals surface area contributed by atoms with Crippen molar-refractivity contribution in [3.05, 3.63) is 23.9 Å². The van der Waals surface area contributed by atoms with Gasteiger partial charge in [0.15, 0.2) is 0 Å². The standard InChI is InChI=1S/C18H26N4O3/c1-2-25-18(24)22-13-11-21(12-14-22)17(23)15-7-6-8-16(19-15)20-9-4-3-5-10-20/h6-8H,2-5,9-14H2,1H3. The lowest BCUT2D eigenvalue weighted by Crippen LogP contribution is -2.50. The molecule has 1 aromatic rings. The van der Waals surface area contributed by atoms with Crippen molar-refractivity contribution >= 4 is 17.8 Å². The van der Waals surface area contributed by atoms with Gasteiger partial charge in [0.05, 0.1) is 6.61 Å². The summed E-state index contributed by atoms with van der Waals surface area (Å²) >= 11 is 0. The highest BCUT2D eigenvalue weighted by Crippen LogP contribution is 2.18. The van der Waals surface area contributed by atoms with Crippen LogP contribution in [-0.2, 0) is 4.74 Å². The van der Waals surface area contributed by atoms with E-state index in [1.165, 1.54) is 19.3 Å². The fourth-order valence-electron chi connectivity index (χ4n) is 3.31. The summed E-state index contributed by atoms with van der Waals surface area (Å²) in [5, 5.41) is 0. The maximum Gasteiger partial charge on any atom is 0.409 e. The lowest BCUT2D eigenvalue weighted by Gasteiger charge is -2.34. The molecule has 2 aliphatic heterocycles. The molecule has 7 nitrogen and oxygen atoms in total. The molecule has 2 fully saturated rings. The lowest BCUT2D eigenvalue weighted by atomic mass is 10.1. The summed E-state index contributed by atoms with van der Waals surface area (Å²) in [7, 11) is 0. The molecule has 2 saturated heterocycles. The Morgan fingerprint density at radius 3 is 2.36 bits per heavy atom. The van der Waals surface area contributed by atoms with Crippen LogP contribution in [0.15, 0.2) is 18.2 Å². The molecule has 2 amide bonds. The van der Waals surface area contributed by atoms with E-state index in [9.17, 15) is 9.59 Å². The minimum Gasteiger partial charge on any atom is -0.450 e. The molecule has 0 radical (unpaired) electrons. The van der Waals surface area contributed by atoms with Crippen LogP contribution in [0.2, 0.25) is 0 Å². The van der Waals surface area contributed by atoms with E-state index in [4.69, 9.17) is 4.74 Å². The van der Waals surface area contributed by atoms with Crippen molar-refractivity contribution in [2.24, 2.45) is 0 Å². The number of anilines is 1. The second kappa shape index (κ2) is 8.18. The average molecular weight is 346 g/mol. The first-order valence-electron chi connectivity index (χ1n) is 9.12. The van der Waals surface area contributed by atoms with Gasteiger partial charge in [-0.3, -0.25) is 4.79 Å². The van der Waals surface area contributed by atoms with Crippen molar-refractivity contribution in [1.82, 2.24) is 14.8 Å². The Labute approximate surface area is 148 Å². The predicted molar refractivity (Wildman–Crippen MR) is 94.8 cm³/mol. The highest BCUT2D eigenvalue weighted by atomic mass is 16.6. The number of aromatic nitrogens is 1. The van der Waals surface area contributed by atoms with E-state index in [-0.39, 0.29) is 12.0 Å². The molecule has 0 spiro atoms. The topological polar surface area (TPSA) is 66.0 Å². The summed E-state index contributed by atoms with van der Waals surface area (Å²) < 4.78 is 5.01. The van der Waals surface area contributed by atoms with E-state index in [2.05, 4.69) is 9.88 Å². The molecule has 0 aromatic carbocycles. The molecule has 7 heteroatoms. The maximum absolute atomic E-state index is 12.7. The van der Waals surface area contributed by atoms with Crippen LogP contribution in [0.4, 0.5) is 10.6 Å². The first-order valence-corrected chi connectivity index (χ1v) is 9.12. The number of hydrogen-bond acceptors (Lipinski definition) is 5. The van der Waals surface area contributed by atoms with Gasteiger partial charge in [-0.2, -0.15) is 0 Å². The summed E-state index contributed by atoms with van der Waals surface area (Å²) in [5.74, 6) is 0.818. The fraction of sp³-hybridized carbons (Fsp3) is 0.611. The van der Waals surface area contributed by atoms with E-state index in [0.717, 1.165) is 18.9 Å². The lowest BCUT2D eigenvalue weighted by molar-refractivity contribution is 0.0566. The van der Waals surface area contributed by atoms with Crippen LogP contribution in [0.25, 0.3) is 0 Å². The number of rotatable bonds is 3. The van der Waals surface area contributed by atoms with Crippen LogP contribution in [0, 0.1) is 0 Å². The minimum absolute atomic E-state index is 0.0673. The van der Waals surface area contributed by atoms with Gasteiger partial charge < -0.3 is 19.4 Å². The average Bonchev–Trinajstić information content (AvgIpc) is 2.68. The number of amides is 2. The Hall–Kier alpha value is -2.31. The molecule has 136 valence electrons. The second-order valence-electron chi connectivity index (χ2n) is 6.41. The first kappa shape index (κ1) is 17.5. The number of ether oxygens (including phenoxy) is 1. The predicted octanol–water partition coefficient (Wildman–Crippen LogP) is 1.99. The van der Waals surface area contributed by atoms with Crippen molar-refractivity contribution in [2.45, 2.75) is 26.2 Å². The van der Waals surface area contributed by atoms with Crippen molar-refractivity contribution in [1.29, 1.82) is 0 Å². The molecule has 0 saturated carbocycles. The van der Waals surface area contributed by atoms with Crippen molar-refractivity contribution in [2.75, 3.05) is 50.8 Å². The van der Waals surface area contributed by atoms with Crippen LogP contribution in [0.1, 0.15) is 36.7 Å². The van der Waals surface area contributed by atoms with Crippen LogP contribution in [0.3, 0.4) is 0 Å². The van der Waals surface area contributed by atoms with Gasteiger partial charge in [-0.25, -0.2) is 9.78 Å². The van der Waals surface area contributed by atoms with Gasteiger partial charge in [0.1, 0.15) is 11.5 Å². The van der Waals surface area contributed by atoms with Crippen LogP contribution in [0.5, 0.6) is 0 Å². The molecule has 3 rings (SSSR count). The van der Waals surface area contributed by atoms with E-state index in [1.54, 1.807) is 22.8 Å². The molecule has 1 aromatic heterocycles. The minimum atomic E-state index is -0.306. The molecule has 3 heterocycles. The van der Waals surface area contributed by atoms with Gasteiger partial charge in [-0.1, -0.05) is 6.07 Å². The number of hydrogen-bond donors (Lipinski definition) is 0. The van der Waals surface area contributed by atoms with Crippen LogP contribution >= 0.6 is 0 Å². The van der Waals surface area contributed by atoms with Crippen molar-refractivity contribution in [3.63, 3.8) is 0 Å². The normalized spacial score (nSPS) is 18.2. The van der Waals surface area contributed by atoms with E-state index in [1.807, 2.05) is 12.1 Å². The smallest absolute Gasteiger partial charge is 0.409 e. The Kier molecular flexibility index (Phi) is 5.73. The molecular formula is C18H26N4O3. The van der Waals surface area contributed by atoms with Gasteiger partial charge in [-0.15, -0.1) is 0 Å². The van der Waals surface area contributed by atoms with Crippen LogP contribution < -0.4 is 4.90 Å². The molecule has 0 aliphatic carbocycles. The fourth-order valence-corrected chi connectivity index (χ4v) is 3.31. The molecule has 0 bridgehead atoms. The van der Waals surface area contributed by atoms with E-state index < -0.39 is 0 Å². The number of piperazine rings is 1. The second-order valence-corrected chi connectivity index (χ2v) is 6.41. The first-order chi connectivity index (χ1) is 12.2. The maximum atomic E-state index is 12.7. The van der Waals surface area contributed by atoms with Gasteiger partial charge in [0, 0.05) is 39.3 Å². The third-order valence-corrected chi connectivity index (χ3v) is 4.73. The summed E-state index contributed by atoms with van der Waals surface area (Å²) in [4.78, 5) is 34.7. The summed E-state index contributed by atoms with van der Waals surface area (Å²) in [5.41, 5.74) is 0.479. The largest absolute Gasteiger partial charge is 0.450 e. The van der Waals surface area contributed by atoms with Gasteiger partial charge in [0.25, 0.3) is 5.91 Å². The molecule has 0 atom stereocenters. The Morgan fingerprint density at radius 2 is 1.68 bits per heavy atom. The van der Waals surface area contributed by atoms with Crippen molar-refractivity contribution in [3.8, 4) is 0 Å². The van der Waals surface area contributed by atoms with Crippen LogP contribution in [-0.4, -0.2) is 72.7 Å². The summed E-state index contributed by atoms with van der Waals surface area (Å²) in [6, 6.07) is 5.65. The van der Waals surface area contributed by atoms with E-state index in [0.29, 0.717) is 38.5 Å². The molecular weight excluding hydrogens is 320 g/mol. The zero-order valence-electron chi connectivity index (χ0n) is 14.8. The monoisotopic (exact) mass is 346 g/mol. The zero-order valence-corrected chi connectivity index (χ0v) is 14.8. The number of carbonyl (C=O) groups excluding carboxylic acids is 2. The molecule has 2 aliphatic rings. The molecule has 25 heavy (non-hydrogen) atoms. The highest BCUT2D eigenvalue weighted by molar-refractivity contribution is 5.92. The number of nitrogens with zero attached hydrogens (tertiary/aromatic N) is 4. The number of pyridine rings is 1. The molecule has 0 N–H and O–H groups in total. The molecule has 0 unspecified atom stereocenters. The van der Waals surface area contributed by atoms with Gasteiger partial charge in [-0.05, 0) is 38.3 Å².